The van der Waals surface area contributed by atoms with Gasteiger partial charge in [0.05, 0.1) is 11.8 Å². The van der Waals surface area contributed by atoms with E-state index >= 15 is 0 Å². The van der Waals surface area contributed by atoms with E-state index in [9.17, 15) is 0 Å². The number of aromatic nitrogens is 3. The Bertz CT molecular complexity index is 534. The lowest BCUT2D eigenvalue weighted by molar-refractivity contribution is 0.363. The predicted molar refractivity (Wildman–Crippen MR) is 63.3 cm³/mol. The molecule has 2 N–H and O–H groups in total. The van der Waals surface area contributed by atoms with Crippen LogP contribution in [0.15, 0.2) is 18.6 Å². The van der Waals surface area contributed by atoms with E-state index in [0.29, 0.717) is 0 Å². The first-order valence-corrected chi connectivity index (χ1v) is 5.37. The molecule has 0 unspecified atom stereocenters. The van der Waals surface area contributed by atoms with E-state index in [4.69, 9.17) is 5.73 Å². The molecule has 1 saturated heterocycles. The van der Waals surface area contributed by atoms with Gasteiger partial charge in [0.2, 0.25) is 0 Å². The van der Waals surface area contributed by atoms with Gasteiger partial charge in [-0.15, -0.1) is 0 Å². The van der Waals surface area contributed by atoms with Gasteiger partial charge in [0.15, 0.2) is 5.82 Å². The molecule has 0 bridgehead atoms. The Balaban J connectivity index is 2.05. The summed E-state index contributed by atoms with van der Waals surface area (Å²) < 4.78 is 2.00. The lowest BCUT2D eigenvalue weighted by atomic mass is 9.94. The van der Waals surface area contributed by atoms with Gasteiger partial charge >= 0.3 is 0 Å². The molecular weight excluding hydrogens is 202 g/mol. The van der Waals surface area contributed by atoms with Crippen molar-refractivity contribution in [2.45, 2.75) is 12.5 Å². The number of hydrogen-bond donors (Lipinski definition) is 1. The first-order chi connectivity index (χ1) is 7.57. The third-order valence-electron chi connectivity index (χ3n) is 3.03. The van der Waals surface area contributed by atoms with Crippen LogP contribution in [0.2, 0.25) is 0 Å². The number of aryl methyl sites for hydroxylation is 1. The van der Waals surface area contributed by atoms with E-state index in [0.717, 1.165) is 29.9 Å². The predicted octanol–water partition coefficient (Wildman–Crippen LogP) is 0.506. The number of hydrogen-bond acceptors (Lipinski definition) is 4. The lowest BCUT2D eigenvalue weighted by Gasteiger charge is -2.46. The van der Waals surface area contributed by atoms with Crippen LogP contribution in [0.1, 0.15) is 6.92 Å². The summed E-state index contributed by atoms with van der Waals surface area (Å²) in [4.78, 5) is 11.0. The Morgan fingerprint density at radius 2 is 2.12 bits per heavy atom. The molecule has 0 aromatic carbocycles. The maximum atomic E-state index is 6.00. The Kier molecular flexibility index (Phi) is 1.77. The SMILES string of the molecule is Cn1cnc2c(N3CC(C)(N)C3)nccc21. The molecule has 1 fully saturated rings. The van der Waals surface area contributed by atoms with Crippen LogP contribution < -0.4 is 10.6 Å². The highest BCUT2D eigenvalue weighted by molar-refractivity contribution is 5.86. The highest BCUT2D eigenvalue weighted by atomic mass is 15.3. The zero-order chi connectivity index (χ0) is 11.3. The molecule has 1 aliphatic rings. The van der Waals surface area contributed by atoms with Gasteiger partial charge in [0.1, 0.15) is 5.52 Å². The first kappa shape index (κ1) is 9.59. The summed E-state index contributed by atoms with van der Waals surface area (Å²) in [5.74, 6) is 0.945. The third-order valence-corrected chi connectivity index (χ3v) is 3.03. The van der Waals surface area contributed by atoms with Gasteiger partial charge in [-0.3, -0.25) is 0 Å². The summed E-state index contributed by atoms with van der Waals surface area (Å²) in [7, 11) is 1.99. The van der Waals surface area contributed by atoms with Gasteiger partial charge in [-0.25, -0.2) is 9.97 Å². The van der Waals surface area contributed by atoms with Crippen LogP contribution in [0.3, 0.4) is 0 Å². The maximum Gasteiger partial charge on any atom is 0.156 e. The number of imidazole rings is 1. The Morgan fingerprint density at radius 1 is 1.38 bits per heavy atom. The largest absolute Gasteiger partial charge is 0.351 e. The van der Waals surface area contributed by atoms with Gasteiger partial charge in [-0.1, -0.05) is 0 Å². The molecule has 5 heteroatoms. The minimum atomic E-state index is -0.0847. The molecule has 0 saturated carbocycles. The normalized spacial score (nSPS) is 18.8. The molecule has 0 spiro atoms. The van der Waals surface area contributed by atoms with Crippen molar-refractivity contribution in [2.24, 2.45) is 12.8 Å². The molecule has 84 valence electrons. The summed E-state index contributed by atoms with van der Waals surface area (Å²) in [5.41, 5.74) is 7.98. The zero-order valence-corrected chi connectivity index (χ0v) is 9.51. The average Bonchev–Trinajstić information content (AvgIpc) is 2.57. The van der Waals surface area contributed by atoms with Crippen LogP contribution >= 0.6 is 0 Å². The van der Waals surface area contributed by atoms with Crippen LogP contribution in [0.4, 0.5) is 5.82 Å². The Hall–Kier alpha value is -1.62. The van der Waals surface area contributed by atoms with Crippen LogP contribution in [0, 0.1) is 0 Å². The zero-order valence-electron chi connectivity index (χ0n) is 9.51. The number of fused-ring (bicyclic) bond motifs is 1. The number of nitrogens with two attached hydrogens (primary N) is 1. The third kappa shape index (κ3) is 1.28. The fourth-order valence-electron chi connectivity index (χ4n) is 2.26. The lowest BCUT2D eigenvalue weighted by Crippen LogP contribution is -2.65. The number of nitrogens with zero attached hydrogens (tertiary/aromatic N) is 4. The fraction of sp³-hybridized carbons (Fsp3) is 0.455. The van der Waals surface area contributed by atoms with Crippen molar-refractivity contribution in [3.8, 4) is 0 Å². The Labute approximate surface area is 93.9 Å². The van der Waals surface area contributed by atoms with E-state index in [1.807, 2.05) is 30.2 Å². The van der Waals surface area contributed by atoms with Gasteiger partial charge in [-0.2, -0.15) is 0 Å². The highest BCUT2D eigenvalue weighted by Crippen LogP contribution is 2.29. The molecule has 0 radical (unpaired) electrons. The molecule has 0 aliphatic carbocycles. The monoisotopic (exact) mass is 217 g/mol. The van der Waals surface area contributed by atoms with Crippen molar-refractivity contribution >= 4 is 16.9 Å². The van der Waals surface area contributed by atoms with Gasteiger partial charge in [0.25, 0.3) is 0 Å². The van der Waals surface area contributed by atoms with E-state index in [2.05, 4.69) is 21.8 Å². The molecule has 2 aromatic rings. The molecule has 16 heavy (non-hydrogen) atoms. The minimum Gasteiger partial charge on any atom is -0.351 e. The average molecular weight is 217 g/mol. The van der Waals surface area contributed by atoms with Gasteiger partial charge in [-0.05, 0) is 13.0 Å². The van der Waals surface area contributed by atoms with Crippen molar-refractivity contribution < 1.29 is 0 Å². The maximum absolute atomic E-state index is 6.00. The summed E-state index contributed by atoms with van der Waals surface area (Å²) in [6, 6.07) is 1.98. The standard InChI is InChI=1S/C11H15N5/c1-11(12)5-16(6-11)10-9-8(3-4-13-10)15(2)7-14-9/h3-4,7H,5-6,12H2,1-2H3. The van der Waals surface area contributed by atoms with Crippen LogP contribution in [-0.4, -0.2) is 33.2 Å². The van der Waals surface area contributed by atoms with Gasteiger partial charge in [0, 0.05) is 31.9 Å². The second-order valence-corrected chi connectivity index (χ2v) is 4.87. The molecule has 3 heterocycles. The molecular formula is C11H15N5. The summed E-state index contributed by atoms with van der Waals surface area (Å²) in [6.45, 7) is 3.74. The topological polar surface area (TPSA) is 60.0 Å². The van der Waals surface area contributed by atoms with Crippen molar-refractivity contribution in [1.29, 1.82) is 0 Å². The fourth-order valence-corrected chi connectivity index (χ4v) is 2.26. The van der Waals surface area contributed by atoms with E-state index < -0.39 is 0 Å². The van der Waals surface area contributed by atoms with E-state index in [1.165, 1.54) is 0 Å². The second kappa shape index (κ2) is 2.95. The summed E-state index contributed by atoms with van der Waals surface area (Å²) in [5, 5.41) is 0. The smallest absolute Gasteiger partial charge is 0.156 e. The quantitative estimate of drug-likeness (QED) is 0.756. The molecule has 1 aliphatic heterocycles. The molecule has 3 rings (SSSR count). The summed E-state index contributed by atoms with van der Waals surface area (Å²) >= 11 is 0. The van der Waals surface area contributed by atoms with Gasteiger partial charge < -0.3 is 15.2 Å². The Morgan fingerprint density at radius 3 is 2.81 bits per heavy atom. The molecule has 0 amide bonds. The van der Waals surface area contributed by atoms with Crippen LogP contribution in [0.5, 0.6) is 0 Å². The van der Waals surface area contributed by atoms with Crippen molar-refractivity contribution in [3.05, 3.63) is 18.6 Å². The molecule has 2 aromatic heterocycles. The number of pyridine rings is 1. The van der Waals surface area contributed by atoms with Crippen LogP contribution in [0.25, 0.3) is 11.0 Å². The van der Waals surface area contributed by atoms with Crippen molar-refractivity contribution in [3.63, 3.8) is 0 Å². The van der Waals surface area contributed by atoms with Crippen molar-refractivity contribution in [1.82, 2.24) is 14.5 Å². The number of rotatable bonds is 1. The van der Waals surface area contributed by atoms with E-state index in [-0.39, 0.29) is 5.54 Å². The molecule has 5 nitrogen and oxygen atoms in total. The van der Waals surface area contributed by atoms with Crippen molar-refractivity contribution in [2.75, 3.05) is 18.0 Å². The van der Waals surface area contributed by atoms with E-state index in [1.54, 1.807) is 0 Å². The number of anilines is 1. The minimum absolute atomic E-state index is 0.0847. The first-order valence-electron chi connectivity index (χ1n) is 5.37. The summed E-state index contributed by atoms with van der Waals surface area (Å²) in [6.07, 6.45) is 3.64. The highest BCUT2D eigenvalue weighted by Gasteiger charge is 2.36. The van der Waals surface area contributed by atoms with Crippen LogP contribution in [-0.2, 0) is 7.05 Å². The second-order valence-electron chi connectivity index (χ2n) is 4.87. The molecule has 0 atom stereocenters.